The standard InChI is InChI=1S/C31H41ClN4O6/c1-6-40-28-20-22(9-12-27(28)39-5)26-8-7-13-36(33-26)29(37)24-11-10-23(21-25(24)32)41-19-18-34-14-16-35(17-15-34)30(38)42-31(2,3)4/h9-12,20-21H,6-8,13-19H2,1-5H3. The van der Waals surface area contributed by atoms with E-state index in [0.29, 0.717) is 67.2 Å². The van der Waals surface area contributed by atoms with E-state index in [9.17, 15) is 9.59 Å². The maximum Gasteiger partial charge on any atom is 0.410 e. The molecule has 10 nitrogen and oxygen atoms in total. The summed E-state index contributed by atoms with van der Waals surface area (Å²) in [7, 11) is 1.60. The second-order valence-electron chi connectivity index (χ2n) is 11.2. The normalized spacial score (nSPS) is 16.1. The number of amides is 2. The average Bonchev–Trinajstić information content (AvgIpc) is 2.96. The van der Waals surface area contributed by atoms with Crippen LogP contribution in [0.15, 0.2) is 41.5 Å². The number of rotatable bonds is 9. The second kappa shape index (κ2) is 14.1. The van der Waals surface area contributed by atoms with Gasteiger partial charge >= 0.3 is 6.09 Å². The molecule has 1 saturated heterocycles. The van der Waals surface area contributed by atoms with Crippen LogP contribution in [0.5, 0.6) is 17.2 Å². The molecule has 2 aliphatic rings. The quantitative estimate of drug-likeness (QED) is 0.385. The highest BCUT2D eigenvalue weighted by Gasteiger charge is 2.26. The van der Waals surface area contributed by atoms with Crippen molar-refractivity contribution in [2.75, 3.05) is 59.6 Å². The van der Waals surface area contributed by atoms with Crippen molar-refractivity contribution in [3.63, 3.8) is 0 Å². The van der Waals surface area contributed by atoms with Crippen molar-refractivity contribution in [2.45, 2.75) is 46.1 Å². The van der Waals surface area contributed by atoms with Gasteiger partial charge < -0.3 is 23.8 Å². The highest BCUT2D eigenvalue weighted by molar-refractivity contribution is 6.34. The Hall–Kier alpha value is -3.50. The van der Waals surface area contributed by atoms with Crippen molar-refractivity contribution in [1.82, 2.24) is 14.8 Å². The monoisotopic (exact) mass is 600 g/mol. The number of benzene rings is 2. The molecule has 0 bridgehead atoms. The van der Waals surface area contributed by atoms with Crippen molar-refractivity contribution in [3.05, 3.63) is 52.5 Å². The third kappa shape index (κ3) is 8.29. The topological polar surface area (TPSA) is 93.1 Å². The molecule has 0 saturated carbocycles. The number of methoxy groups -OCH3 is 1. The molecule has 0 aromatic heterocycles. The lowest BCUT2D eigenvalue weighted by molar-refractivity contribution is 0.0137. The smallest absolute Gasteiger partial charge is 0.410 e. The minimum Gasteiger partial charge on any atom is -0.493 e. The van der Waals surface area contributed by atoms with Crippen LogP contribution in [-0.2, 0) is 4.74 Å². The molecular weight excluding hydrogens is 560 g/mol. The summed E-state index contributed by atoms with van der Waals surface area (Å²) in [5.41, 5.74) is 1.56. The molecule has 2 heterocycles. The highest BCUT2D eigenvalue weighted by Crippen LogP contribution is 2.30. The van der Waals surface area contributed by atoms with E-state index in [1.54, 1.807) is 30.2 Å². The van der Waals surface area contributed by atoms with Crippen LogP contribution in [0.4, 0.5) is 4.79 Å². The Morgan fingerprint density at radius 1 is 0.976 bits per heavy atom. The minimum atomic E-state index is -0.501. The first-order valence-corrected chi connectivity index (χ1v) is 14.8. The Morgan fingerprint density at radius 3 is 2.40 bits per heavy atom. The van der Waals surface area contributed by atoms with E-state index in [1.165, 1.54) is 5.01 Å². The van der Waals surface area contributed by atoms with Crippen LogP contribution in [0.1, 0.15) is 56.5 Å². The van der Waals surface area contributed by atoms with E-state index in [0.717, 1.165) is 37.2 Å². The summed E-state index contributed by atoms with van der Waals surface area (Å²) in [6, 6.07) is 10.8. The zero-order valence-corrected chi connectivity index (χ0v) is 25.9. The van der Waals surface area contributed by atoms with Gasteiger partial charge in [0.05, 0.1) is 30.0 Å². The minimum absolute atomic E-state index is 0.259. The number of carbonyl (C=O) groups excluding carboxylic acids is 2. The zero-order chi connectivity index (χ0) is 30.3. The molecule has 0 radical (unpaired) electrons. The second-order valence-corrected chi connectivity index (χ2v) is 11.6. The van der Waals surface area contributed by atoms with E-state index in [1.807, 2.05) is 45.9 Å². The average molecular weight is 601 g/mol. The molecule has 0 N–H and O–H groups in total. The Balaban J connectivity index is 1.31. The molecular formula is C31H41ClN4O6. The molecule has 0 aliphatic carbocycles. The molecule has 0 unspecified atom stereocenters. The van der Waals surface area contributed by atoms with E-state index in [2.05, 4.69) is 10.0 Å². The molecule has 2 aromatic rings. The number of ether oxygens (including phenoxy) is 4. The Kier molecular flexibility index (Phi) is 10.6. The number of hydrogen-bond donors (Lipinski definition) is 0. The Morgan fingerprint density at radius 2 is 1.74 bits per heavy atom. The van der Waals surface area contributed by atoms with Gasteiger partial charge in [-0.25, -0.2) is 9.80 Å². The zero-order valence-electron chi connectivity index (χ0n) is 25.2. The van der Waals surface area contributed by atoms with Gasteiger partial charge in [-0.2, -0.15) is 5.10 Å². The van der Waals surface area contributed by atoms with Gasteiger partial charge in [0.15, 0.2) is 11.5 Å². The maximum atomic E-state index is 13.4. The van der Waals surface area contributed by atoms with Gasteiger partial charge in [-0.3, -0.25) is 9.69 Å². The predicted octanol–water partition coefficient (Wildman–Crippen LogP) is 5.32. The molecule has 4 rings (SSSR count). The van der Waals surface area contributed by atoms with Crippen LogP contribution >= 0.6 is 11.6 Å². The van der Waals surface area contributed by atoms with E-state index in [4.69, 9.17) is 30.5 Å². The summed E-state index contributed by atoms with van der Waals surface area (Å²) < 4.78 is 22.5. The van der Waals surface area contributed by atoms with Gasteiger partial charge in [0.1, 0.15) is 18.0 Å². The molecule has 2 amide bonds. The molecule has 42 heavy (non-hydrogen) atoms. The third-order valence-electron chi connectivity index (χ3n) is 6.93. The van der Waals surface area contributed by atoms with Crippen molar-refractivity contribution >= 4 is 29.3 Å². The van der Waals surface area contributed by atoms with Crippen molar-refractivity contribution in [2.24, 2.45) is 5.10 Å². The SMILES string of the molecule is CCOc1cc(C2=NN(C(=O)c3ccc(OCCN4CCN(C(=O)OC(C)(C)C)CC4)cc3Cl)CCC2)ccc1OC. The summed E-state index contributed by atoms with van der Waals surface area (Å²) in [5, 5.41) is 6.45. The number of piperazine rings is 1. The molecule has 0 atom stereocenters. The van der Waals surface area contributed by atoms with E-state index >= 15 is 0 Å². The van der Waals surface area contributed by atoms with Crippen LogP contribution in [-0.4, -0.2) is 97.7 Å². The van der Waals surface area contributed by atoms with Crippen LogP contribution in [0.25, 0.3) is 0 Å². The molecule has 2 aromatic carbocycles. The van der Waals surface area contributed by atoms with Crippen LogP contribution in [0, 0.1) is 0 Å². The van der Waals surface area contributed by atoms with Crippen LogP contribution in [0.3, 0.4) is 0 Å². The lowest BCUT2D eigenvalue weighted by Crippen LogP contribution is -2.50. The maximum absolute atomic E-state index is 13.4. The first kappa shape index (κ1) is 31.4. The number of hydrazone groups is 1. The van der Waals surface area contributed by atoms with E-state index < -0.39 is 5.60 Å². The molecule has 2 aliphatic heterocycles. The summed E-state index contributed by atoms with van der Waals surface area (Å²) in [6.45, 7) is 12.4. The van der Waals surface area contributed by atoms with Gasteiger partial charge in [-0.15, -0.1) is 0 Å². The fourth-order valence-electron chi connectivity index (χ4n) is 4.79. The molecule has 0 spiro atoms. The first-order valence-electron chi connectivity index (χ1n) is 14.4. The highest BCUT2D eigenvalue weighted by atomic mass is 35.5. The lowest BCUT2D eigenvalue weighted by Gasteiger charge is -2.35. The fraction of sp³-hybridized carbons (Fsp3) is 0.516. The van der Waals surface area contributed by atoms with E-state index in [-0.39, 0.29) is 12.0 Å². The molecule has 11 heteroatoms. The number of nitrogens with zero attached hydrogens (tertiary/aromatic N) is 4. The summed E-state index contributed by atoms with van der Waals surface area (Å²) in [5.74, 6) is 1.63. The molecule has 1 fully saturated rings. The number of carbonyl (C=O) groups is 2. The van der Waals surface area contributed by atoms with Gasteiger partial charge in [0.2, 0.25) is 0 Å². The Labute approximate surface area is 253 Å². The van der Waals surface area contributed by atoms with Crippen molar-refractivity contribution < 1.29 is 28.5 Å². The first-order chi connectivity index (χ1) is 20.1. The van der Waals surface area contributed by atoms with Gasteiger partial charge in [0.25, 0.3) is 5.91 Å². The summed E-state index contributed by atoms with van der Waals surface area (Å²) in [4.78, 5) is 29.6. The van der Waals surface area contributed by atoms with Crippen LogP contribution < -0.4 is 14.2 Å². The lowest BCUT2D eigenvalue weighted by atomic mass is 10.0. The summed E-state index contributed by atoms with van der Waals surface area (Å²) >= 11 is 6.54. The van der Waals surface area contributed by atoms with Crippen LogP contribution in [0.2, 0.25) is 5.02 Å². The van der Waals surface area contributed by atoms with Gasteiger partial charge in [-0.05, 0) is 76.9 Å². The predicted molar refractivity (Wildman–Crippen MR) is 162 cm³/mol. The number of halogens is 1. The van der Waals surface area contributed by atoms with Gasteiger partial charge in [0, 0.05) is 44.8 Å². The largest absolute Gasteiger partial charge is 0.493 e. The molecule has 228 valence electrons. The Bertz CT molecular complexity index is 1290. The number of hydrogen-bond acceptors (Lipinski definition) is 8. The fourth-order valence-corrected chi connectivity index (χ4v) is 5.04. The van der Waals surface area contributed by atoms with Gasteiger partial charge in [-0.1, -0.05) is 11.6 Å². The van der Waals surface area contributed by atoms with Crippen molar-refractivity contribution in [1.29, 1.82) is 0 Å². The third-order valence-corrected chi connectivity index (χ3v) is 7.24. The summed E-state index contributed by atoms with van der Waals surface area (Å²) in [6.07, 6.45) is 1.26. The van der Waals surface area contributed by atoms with Crippen molar-refractivity contribution in [3.8, 4) is 17.2 Å².